The molecule has 2 rings (SSSR count). The van der Waals surface area contributed by atoms with Gasteiger partial charge in [-0.05, 0) is 36.4 Å². The van der Waals surface area contributed by atoms with Crippen molar-refractivity contribution in [2.75, 3.05) is 5.75 Å². The molecule has 0 heterocycles. The molecule has 0 aromatic heterocycles. The molecular formula is C20H23ClO4S. The highest BCUT2D eigenvalue weighted by molar-refractivity contribution is 7.99. The van der Waals surface area contributed by atoms with Crippen molar-refractivity contribution in [2.24, 2.45) is 0 Å². The molecule has 0 N–H and O–H groups in total. The van der Waals surface area contributed by atoms with Gasteiger partial charge < -0.3 is 9.47 Å². The Bertz CT molecular complexity index is 804. The number of rotatable bonds is 8. The molecule has 0 saturated carbocycles. The molecule has 0 atom stereocenters. The lowest BCUT2D eigenvalue weighted by molar-refractivity contribution is -0.133. The normalized spacial score (nSPS) is 10.8. The molecule has 0 spiro atoms. The second-order valence-electron chi connectivity index (χ2n) is 5.99. The highest BCUT2D eigenvalue weighted by Gasteiger charge is 2.18. The van der Waals surface area contributed by atoms with Gasteiger partial charge in [0, 0.05) is 29.6 Å². The number of esters is 2. The van der Waals surface area contributed by atoms with Crippen LogP contribution in [0.3, 0.4) is 0 Å². The molecule has 26 heavy (non-hydrogen) atoms. The van der Waals surface area contributed by atoms with Crippen LogP contribution in [0.2, 0.25) is 5.02 Å². The first kappa shape index (κ1) is 20.6. The van der Waals surface area contributed by atoms with Gasteiger partial charge in [0.05, 0.1) is 4.90 Å². The van der Waals surface area contributed by atoms with Gasteiger partial charge in [-0.3, -0.25) is 9.59 Å². The van der Waals surface area contributed by atoms with E-state index in [0.717, 1.165) is 23.5 Å². The Hall–Kier alpha value is -1.72. The summed E-state index contributed by atoms with van der Waals surface area (Å²) in [5.74, 6) is 0.995. The molecule has 0 fully saturated rings. The van der Waals surface area contributed by atoms with Gasteiger partial charge in [-0.25, -0.2) is 0 Å². The van der Waals surface area contributed by atoms with Gasteiger partial charge in [0.1, 0.15) is 5.75 Å². The van der Waals surface area contributed by atoms with E-state index in [9.17, 15) is 9.59 Å². The molecule has 0 aliphatic rings. The number of halogens is 1. The van der Waals surface area contributed by atoms with E-state index in [0.29, 0.717) is 27.3 Å². The van der Waals surface area contributed by atoms with E-state index in [1.165, 1.54) is 26.7 Å². The summed E-state index contributed by atoms with van der Waals surface area (Å²) in [6.45, 7) is 4.90. The van der Waals surface area contributed by atoms with Crippen LogP contribution in [0.4, 0.5) is 0 Å². The van der Waals surface area contributed by atoms with Gasteiger partial charge in [-0.2, -0.15) is 0 Å². The minimum atomic E-state index is -0.412. The Balaban J connectivity index is 2.47. The molecule has 6 heteroatoms. The van der Waals surface area contributed by atoms with E-state index in [2.05, 4.69) is 6.92 Å². The van der Waals surface area contributed by atoms with Crippen molar-refractivity contribution >= 4 is 46.1 Å². The quantitative estimate of drug-likeness (QED) is 0.237. The molecule has 2 aromatic rings. The fourth-order valence-corrected chi connectivity index (χ4v) is 3.83. The summed E-state index contributed by atoms with van der Waals surface area (Å²) in [4.78, 5) is 23.9. The van der Waals surface area contributed by atoms with Gasteiger partial charge in [0.2, 0.25) is 0 Å². The molecule has 0 bridgehead atoms. The van der Waals surface area contributed by atoms with Crippen molar-refractivity contribution in [3.8, 4) is 11.5 Å². The summed E-state index contributed by atoms with van der Waals surface area (Å²) < 4.78 is 10.9. The van der Waals surface area contributed by atoms with Crippen molar-refractivity contribution in [1.29, 1.82) is 0 Å². The molecule has 0 aliphatic heterocycles. The van der Waals surface area contributed by atoms with Crippen LogP contribution in [-0.2, 0) is 9.59 Å². The lowest BCUT2D eigenvalue weighted by Gasteiger charge is -2.15. The minimum Gasteiger partial charge on any atom is -0.426 e. The van der Waals surface area contributed by atoms with Crippen LogP contribution in [0.1, 0.15) is 46.5 Å². The van der Waals surface area contributed by atoms with E-state index >= 15 is 0 Å². The van der Waals surface area contributed by atoms with E-state index < -0.39 is 11.9 Å². The van der Waals surface area contributed by atoms with Crippen molar-refractivity contribution in [3.63, 3.8) is 0 Å². The third kappa shape index (κ3) is 5.64. The lowest BCUT2D eigenvalue weighted by Crippen LogP contribution is -2.06. The zero-order valence-corrected chi connectivity index (χ0v) is 16.8. The monoisotopic (exact) mass is 394 g/mol. The van der Waals surface area contributed by atoms with Gasteiger partial charge >= 0.3 is 11.9 Å². The van der Waals surface area contributed by atoms with E-state index in [-0.39, 0.29) is 0 Å². The second-order valence-corrected chi connectivity index (χ2v) is 7.56. The van der Waals surface area contributed by atoms with Crippen LogP contribution in [0.25, 0.3) is 10.8 Å². The van der Waals surface area contributed by atoms with E-state index in [1.807, 2.05) is 0 Å². The largest absolute Gasteiger partial charge is 0.426 e. The summed E-state index contributed by atoms with van der Waals surface area (Å²) in [6, 6.07) is 6.97. The summed E-state index contributed by atoms with van der Waals surface area (Å²) in [7, 11) is 0. The molecular weight excluding hydrogens is 372 g/mol. The van der Waals surface area contributed by atoms with Crippen LogP contribution >= 0.6 is 23.4 Å². The summed E-state index contributed by atoms with van der Waals surface area (Å²) in [5, 5.41) is 1.85. The van der Waals surface area contributed by atoms with Crippen LogP contribution in [0.15, 0.2) is 29.2 Å². The molecule has 0 saturated heterocycles. The van der Waals surface area contributed by atoms with Crippen LogP contribution in [0, 0.1) is 0 Å². The maximum Gasteiger partial charge on any atom is 0.308 e. The second kappa shape index (κ2) is 9.83. The Morgan fingerprint density at radius 3 is 2.38 bits per heavy atom. The third-order valence-corrected chi connectivity index (χ3v) is 5.07. The molecule has 4 nitrogen and oxygen atoms in total. The van der Waals surface area contributed by atoms with Crippen molar-refractivity contribution < 1.29 is 19.1 Å². The summed E-state index contributed by atoms with van der Waals surface area (Å²) >= 11 is 7.70. The average molecular weight is 395 g/mol. The highest BCUT2D eigenvalue weighted by Crippen LogP contribution is 2.43. The minimum absolute atomic E-state index is 0.394. The van der Waals surface area contributed by atoms with Crippen LogP contribution in [0.5, 0.6) is 11.5 Å². The van der Waals surface area contributed by atoms with Crippen LogP contribution < -0.4 is 9.47 Å². The summed E-state index contributed by atoms with van der Waals surface area (Å²) in [5.41, 5.74) is 0. The molecule has 0 radical (unpaired) electrons. The Kier molecular flexibility index (Phi) is 7.79. The lowest BCUT2D eigenvalue weighted by atomic mass is 10.1. The standard InChI is InChI=1S/C20H23ClO4S/c1-4-5-6-7-10-26-19-12-18(24-13(2)22)17-11-15(21)8-9-16(17)20(19)25-14(3)23/h8-9,11-12H,4-7,10H2,1-3H3. The predicted octanol–water partition coefficient (Wildman–Crippen LogP) is 6.02. The molecule has 0 amide bonds. The number of fused-ring (bicyclic) bond motifs is 1. The SMILES string of the molecule is CCCCCCSc1cc(OC(C)=O)c2cc(Cl)ccc2c1OC(C)=O. The van der Waals surface area contributed by atoms with Gasteiger partial charge in [-0.1, -0.05) is 37.8 Å². The van der Waals surface area contributed by atoms with Gasteiger partial charge in [0.25, 0.3) is 0 Å². The third-order valence-electron chi connectivity index (χ3n) is 3.73. The predicted molar refractivity (Wildman–Crippen MR) is 106 cm³/mol. The fraction of sp³-hybridized carbons (Fsp3) is 0.400. The molecule has 0 aliphatic carbocycles. The molecule has 0 unspecified atom stereocenters. The van der Waals surface area contributed by atoms with E-state index in [4.69, 9.17) is 21.1 Å². The highest BCUT2D eigenvalue weighted by atomic mass is 35.5. The number of unbranched alkanes of at least 4 members (excludes halogenated alkanes) is 3. The van der Waals surface area contributed by atoms with Crippen molar-refractivity contribution in [3.05, 3.63) is 29.3 Å². The van der Waals surface area contributed by atoms with E-state index in [1.54, 1.807) is 36.0 Å². The van der Waals surface area contributed by atoms with Crippen LogP contribution in [-0.4, -0.2) is 17.7 Å². The molecule has 140 valence electrons. The fourth-order valence-electron chi connectivity index (χ4n) is 2.62. The zero-order valence-electron chi connectivity index (χ0n) is 15.3. The Morgan fingerprint density at radius 1 is 1.00 bits per heavy atom. The Morgan fingerprint density at radius 2 is 1.73 bits per heavy atom. The number of carbonyl (C=O) groups is 2. The number of carbonyl (C=O) groups excluding carboxylic acids is 2. The number of hydrogen-bond acceptors (Lipinski definition) is 5. The average Bonchev–Trinajstić information content (AvgIpc) is 2.56. The number of ether oxygens (including phenoxy) is 2. The summed E-state index contributed by atoms with van der Waals surface area (Å²) in [6.07, 6.45) is 4.61. The first-order valence-corrected chi connectivity index (χ1v) is 10.0. The molecule has 2 aromatic carbocycles. The first-order valence-electron chi connectivity index (χ1n) is 8.68. The van der Waals surface area contributed by atoms with Gasteiger partial charge in [0.15, 0.2) is 5.75 Å². The number of hydrogen-bond donors (Lipinski definition) is 0. The van der Waals surface area contributed by atoms with Crippen molar-refractivity contribution in [1.82, 2.24) is 0 Å². The number of thioether (sulfide) groups is 1. The Labute approximate surface area is 163 Å². The maximum atomic E-state index is 11.6. The number of benzene rings is 2. The maximum absolute atomic E-state index is 11.6. The zero-order chi connectivity index (χ0) is 19.1. The van der Waals surface area contributed by atoms with Crippen molar-refractivity contribution in [2.45, 2.75) is 51.3 Å². The first-order chi connectivity index (χ1) is 12.4. The van der Waals surface area contributed by atoms with Gasteiger partial charge in [-0.15, -0.1) is 11.8 Å². The smallest absolute Gasteiger partial charge is 0.308 e. The topological polar surface area (TPSA) is 52.6 Å².